The van der Waals surface area contributed by atoms with Crippen LogP contribution in [0.25, 0.3) is 0 Å². The van der Waals surface area contributed by atoms with Gasteiger partial charge in [0.15, 0.2) is 5.11 Å². The normalized spacial score (nSPS) is 21.6. The second-order valence-corrected chi connectivity index (χ2v) is 8.67. The Kier molecular flexibility index (Phi) is 6.20. The third kappa shape index (κ3) is 5.57. The van der Waals surface area contributed by atoms with Crippen molar-refractivity contribution in [1.29, 1.82) is 0 Å². The van der Waals surface area contributed by atoms with Crippen LogP contribution < -0.4 is 10.6 Å². The van der Waals surface area contributed by atoms with Crippen LogP contribution in [0, 0.1) is 11.3 Å². The monoisotopic (exact) mass is 396 g/mol. The van der Waals surface area contributed by atoms with Crippen LogP contribution in [-0.2, 0) is 0 Å². The molecule has 1 aliphatic carbocycles. The number of amides is 1. The zero-order valence-corrected chi connectivity index (χ0v) is 16.4. The number of carbonyl (C=O) groups excluding carboxylic acids is 1. The molecule has 0 unspecified atom stereocenters. The molecular formula is C18H25BrN2OS. The highest BCUT2D eigenvalue weighted by Gasteiger charge is 2.29. The van der Waals surface area contributed by atoms with Crippen LogP contribution in [0.3, 0.4) is 0 Å². The zero-order chi connectivity index (χ0) is 17.0. The summed E-state index contributed by atoms with van der Waals surface area (Å²) in [4.78, 5) is 12.1. The molecule has 2 rings (SSSR count). The maximum atomic E-state index is 12.1. The largest absolute Gasteiger partial charge is 0.360 e. The van der Waals surface area contributed by atoms with Crippen molar-refractivity contribution < 1.29 is 4.79 Å². The summed E-state index contributed by atoms with van der Waals surface area (Å²) >= 11 is 8.65. The molecule has 0 aliphatic heterocycles. The molecule has 0 spiro atoms. The van der Waals surface area contributed by atoms with E-state index in [-0.39, 0.29) is 5.91 Å². The lowest BCUT2D eigenvalue weighted by atomic mass is 9.71. The van der Waals surface area contributed by atoms with Crippen molar-refractivity contribution in [3.8, 4) is 0 Å². The fourth-order valence-electron chi connectivity index (χ4n) is 3.10. The van der Waals surface area contributed by atoms with Gasteiger partial charge in [0.25, 0.3) is 5.91 Å². The SMILES string of the molecule is CC(C)(C)C1CCC(NC(=S)NC(=O)c2ccc(Br)cc2)CC1. The van der Waals surface area contributed by atoms with Crippen molar-refractivity contribution in [3.63, 3.8) is 0 Å². The standard InChI is InChI=1S/C18H25BrN2OS/c1-18(2,3)13-6-10-15(11-7-13)20-17(23)21-16(22)12-4-8-14(19)9-5-12/h4-5,8-9,13,15H,6-7,10-11H2,1-3H3,(H2,20,21,22,23). The number of rotatable bonds is 2. The average Bonchev–Trinajstić information content (AvgIpc) is 2.47. The first-order chi connectivity index (χ1) is 10.8. The molecule has 0 atom stereocenters. The Hall–Kier alpha value is -0.940. The van der Waals surface area contributed by atoms with Crippen molar-refractivity contribution in [2.24, 2.45) is 11.3 Å². The van der Waals surface area contributed by atoms with E-state index >= 15 is 0 Å². The molecule has 5 heteroatoms. The molecule has 3 nitrogen and oxygen atoms in total. The predicted octanol–water partition coefficient (Wildman–Crippen LogP) is 4.66. The van der Waals surface area contributed by atoms with E-state index in [1.54, 1.807) is 12.1 Å². The number of halogens is 1. The predicted molar refractivity (Wildman–Crippen MR) is 103 cm³/mol. The summed E-state index contributed by atoms with van der Waals surface area (Å²) in [5.41, 5.74) is 0.982. The Labute approximate surface area is 152 Å². The second kappa shape index (κ2) is 7.75. The Morgan fingerprint density at radius 1 is 1.13 bits per heavy atom. The van der Waals surface area contributed by atoms with Crippen molar-refractivity contribution in [2.45, 2.75) is 52.5 Å². The van der Waals surface area contributed by atoms with Crippen molar-refractivity contribution in [2.75, 3.05) is 0 Å². The van der Waals surface area contributed by atoms with Crippen molar-refractivity contribution in [1.82, 2.24) is 10.6 Å². The quantitative estimate of drug-likeness (QED) is 0.714. The van der Waals surface area contributed by atoms with E-state index < -0.39 is 0 Å². The topological polar surface area (TPSA) is 41.1 Å². The lowest BCUT2D eigenvalue weighted by molar-refractivity contribution is 0.0976. The summed E-state index contributed by atoms with van der Waals surface area (Å²) in [6, 6.07) is 7.61. The molecular weight excluding hydrogens is 372 g/mol. The molecule has 2 N–H and O–H groups in total. The molecule has 0 saturated heterocycles. The third-order valence-corrected chi connectivity index (χ3v) is 5.37. The van der Waals surface area contributed by atoms with E-state index in [1.165, 1.54) is 12.8 Å². The fraction of sp³-hybridized carbons (Fsp3) is 0.556. The number of nitrogens with one attached hydrogen (secondary N) is 2. The van der Waals surface area contributed by atoms with Crippen molar-refractivity contribution in [3.05, 3.63) is 34.3 Å². The number of carbonyl (C=O) groups is 1. The van der Waals surface area contributed by atoms with Gasteiger partial charge in [-0.1, -0.05) is 36.7 Å². The zero-order valence-electron chi connectivity index (χ0n) is 14.0. The molecule has 1 fully saturated rings. The molecule has 0 radical (unpaired) electrons. The highest BCUT2D eigenvalue weighted by molar-refractivity contribution is 9.10. The van der Waals surface area contributed by atoms with Crippen LogP contribution in [0.5, 0.6) is 0 Å². The van der Waals surface area contributed by atoms with Gasteiger partial charge in [0.1, 0.15) is 0 Å². The van der Waals surface area contributed by atoms with E-state index in [4.69, 9.17) is 12.2 Å². The van der Waals surface area contributed by atoms with E-state index in [0.29, 0.717) is 22.1 Å². The molecule has 0 bridgehead atoms. The van der Waals surface area contributed by atoms with E-state index in [2.05, 4.69) is 47.3 Å². The Bertz CT molecular complexity index is 557. The molecule has 126 valence electrons. The van der Waals surface area contributed by atoms with Gasteiger partial charge in [-0.2, -0.15) is 0 Å². The van der Waals surface area contributed by atoms with Crippen LogP contribution in [0.4, 0.5) is 0 Å². The molecule has 1 aromatic carbocycles. The number of hydrogen-bond donors (Lipinski definition) is 2. The van der Waals surface area contributed by atoms with Gasteiger partial charge in [-0.15, -0.1) is 0 Å². The van der Waals surface area contributed by atoms with E-state index in [9.17, 15) is 4.79 Å². The van der Waals surface area contributed by atoms with E-state index in [0.717, 1.165) is 23.2 Å². The van der Waals surface area contributed by atoms with Gasteiger partial charge in [-0.3, -0.25) is 10.1 Å². The maximum absolute atomic E-state index is 12.1. The summed E-state index contributed by atoms with van der Waals surface area (Å²) in [7, 11) is 0. The maximum Gasteiger partial charge on any atom is 0.257 e. The Morgan fingerprint density at radius 2 is 1.70 bits per heavy atom. The second-order valence-electron chi connectivity index (χ2n) is 7.35. The van der Waals surface area contributed by atoms with Gasteiger partial charge in [0, 0.05) is 16.1 Å². The van der Waals surface area contributed by atoms with Gasteiger partial charge >= 0.3 is 0 Å². The lowest BCUT2D eigenvalue weighted by Gasteiger charge is -2.37. The van der Waals surface area contributed by atoms with Crippen LogP contribution in [0.2, 0.25) is 0 Å². The number of benzene rings is 1. The first-order valence-electron chi connectivity index (χ1n) is 8.13. The van der Waals surface area contributed by atoms with Gasteiger partial charge in [0.2, 0.25) is 0 Å². The van der Waals surface area contributed by atoms with E-state index in [1.807, 2.05) is 12.1 Å². The molecule has 1 aliphatic rings. The number of hydrogen-bond acceptors (Lipinski definition) is 2. The summed E-state index contributed by atoms with van der Waals surface area (Å²) in [5.74, 6) is 0.602. The number of thiocarbonyl (C=S) groups is 1. The Morgan fingerprint density at radius 3 is 2.22 bits per heavy atom. The summed E-state index contributed by atoms with van der Waals surface area (Å²) in [6.07, 6.45) is 4.64. The van der Waals surface area contributed by atoms with Gasteiger partial charge in [-0.25, -0.2) is 0 Å². The molecule has 1 aromatic rings. The summed E-state index contributed by atoms with van der Waals surface area (Å²) in [5, 5.41) is 6.49. The lowest BCUT2D eigenvalue weighted by Crippen LogP contribution is -2.46. The highest BCUT2D eigenvalue weighted by atomic mass is 79.9. The minimum atomic E-state index is -0.168. The molecule has 1 saturated carbocycles. The van der Waals surface area contributed by atoms with Gasteiger partial charge < -0.3 is 5.32 Å². The van der Waals surface area contributed by atoms with Gasteiger partial charge in [0.05, 0.1) is 0 Å². The van der Waals surface area contributed by atoms with Crippen LogP contribution in [0.15, 0.2) is 28.7 Å². The molecule has 0 heterocycles. The first kappa shape index (κ1) is 18.4. The van der Waals surface area contributed by atoms with Crippen LogP contribution >= 0.6 is 28.1 Å². The minimum Gasteiger partial charge on any atom is -0.360 e. The first-order valence-corrected chi connectivity index (χ1v) is 9.33. The average molecular weight is 397 g/mol. The molecule has 23 heavy (non-hydrogen) atoms. The van der Waals surface area contributed by atoms with Crippen LogP contribution in [-0.4, -0.2) is 17.1 Å². The van der Waals surface area contributed by atoms with Crippen LogP contribution in [0.1, 0.15) is 56.8 Å². The molecule has 1 amide bonds. The fourth-order valence-corrected chi connectivity index (χ4v) is 3.63. The summed E-state index contributed by atoms with van der Waals surface area (Å²) < 4.78 is 0.949. The molecule has 0 aromatic heterocycles. The summed E-state index contributed by atoms with van der Waals surface area (Å²) in [6.45, 7) is 6.94. The van der Waals surface area contributed by atoms with Gasteiger partial charge in [-0.05, 0) is 73.5 Å². The Balaban J connectivity index is 1.79. The highest BCUT2D eigenvalue weighted by Crippen LogP contribution is 2.37. The smallest absolute Gasteiger partial charge is 0.257 e. The third-order valence-electron chi connectivity index (χ3n) is 4.62. The minimum absolute atomic E-state index is 0.168. The van der Waals surface area contributed by atoms with Crippen molar-refractivity contribution >= 4 is 39.2 Å².